The lowest BCUT2D eigenvalue weighted by molar-refractivity contribution is -0.162. The van der Waals surface area contributed by atoms with E-state index in [1.54, 1.807) is 6.92 Å². The van der Waals surface area contributed by atoms with Crippen LogP contribution in [0.15, 0.2) is 23.3 Å². The van der Waals surface area contributed by atoms with Crippen LogP contribution in [0.5, 0.6) is 0 Å². The molecule has 5 atom stereocenters. The van der Waals surface area contributed by atoms with Crippen molar-refractivity contribution in [1.29, 1.82) is 0 Å². The van der Waals surface area contributed by atoms with Crippen LogP contribution in [-0.4, -0.2) is 23.1 Å². The molecule has 160 valence electrons. The van der Waals surface area contributed by atoms with Crippen molar-refractivity contribution >= 4 is 17.5 Å². The number of allylic oxidation sites excluding steroid dienone is 4. The molecule has 3 aliphatic rings. The Morgan fingerprint density at radius 3 is 2.45 bits per heavy atom. The van der Waals surface area contributed by atoms with Crippen LogP contribution < -0.4 is 0 Å². The van der Waals surface area contributed by atoms with E-state index in [0.29, 0.717) is 25.2 Å². The Hall–Kier alpha value is -1.71. The van der Waals surface area contributed by atoms with Gasteiger partial charge in [-0.05, 0) is 57.9 Å². The predicted molar refractivity (Wildman–Crippen MR) is 113 cm³/mol. The largest absolute Gasteiger partial charge is 0.459 e. The molecule has 4 nitrogen and oxygen atoms in total. The van der Waals surface area contributed by atoms with Gasteiger partial charge in [0, 0.05) is 29.6 Å². The Bertz CT molecular complexity index is 791. The van der Waals surface area contributed by atoms with Crippen LogP contribution in [-0.2, 0) is 19.1 Å². The summed E-state index contributed by atoms with van der Waals surface area (Å²) >= 11 is 0. The van der Waals surface area contributed by atoms with Gasteiger partial charge >= 0.3 is 5.97 Å². The summed E-state index contributed by atoms with van der Waals surface area (Å²) in [6.07, 6.45) is 9.26. The molecule has 3 rings (SSSR count). The summed E-state index contributed by atoms with van der Waals surface area (Å²) in [4.78, 5) is 35.9. The Morgan fingerprint density at radius 2 is 1.90 bits per heavy atom. The zero-order chi connectivity index (χ0) is 21.6. The monoisotopic (exact) mass is 400 g/mol. The molecule has 1 fully saturated rings. The third-order valence-electron chi connectivity index (χ3n) is 8.58. The molecule has 0 N–H and O–H groups in total. The van der Waals surface area contributed by atoms with Crippen molar-refractivity contribution < 1.29 is 19.1 Å². The molecule has 1 aliphatic heterocycles. The molecule has 0 spiro atoms. The molecule has 0 aromatic carbocycles. The van der Waals surface area contributed by atoms with Crippen LogP contribution in [0.4, 0.5) is 0 Å². The first-order valence-electron chi connectivity index (χ1n) is 11.1. The molecule has 29 heavy (non-hydrogen) atoms. The second-order valence-electron chi connectivity index (χ2n) is 10.3. The molecule has 0 amide bonds. The molecular weight excluding hydrogens is 364 g/mol. The van der Waals surface area contributed by atoms with E-state index >= 15 is 0 Å². The summed E-state index contributed by atoms with van der Waals surface area (Å²) in [6.45, 7) is 12.4. The smallest absolute Gasteiger partial charge is 0.306 e. The van der Waals surface area contributed by atoms with Gasteiger partial charge < -0.3 is 4.74 Å². The Kier molecular flexibility index (Phi) is 5.70. The third kappa shape index (κ3) is 3.75. The van der Waals surface area contributed by atoms with Crippen molar-refractivity contribution in [2.24, 2.45) is 22.7 Å². The number of rotatable bonds is 5. The number of Topliss-reactive ketones (excluding diaryl/α,β-unsaturated/α-hetero) is 1. The van der Waals surface area contributed by atoms with Gasteiger partial charge in [0.1, 0.15) is 11.4 Å². The molecule has 1 saturated heterocycles. The van der Waals surface area contributed by atoms with Gasteiger partial charge in [0.25, 0.3) is 0 Å². The maximum atomic E-state index is 12.2. The van der Waals surface area contributed by atoms with Crippen LogP contribution >= 0.6 is 0 Å². The quantitative estimate of drug-likeness (QED) is 0.461. The zero-order valence-corrected chi connectivity index (χ0v) is 18.9. The average Bonchev–Trinajstić information content (AvgIpc) is 3.01. The fraction of sp³-hybridized carbons (Fsp3) is 0.720. The Morgan fingerprint density at radius 1 is 1.21 bits per heavy atom. The first kappa shape index (κ1) is 22.0. The molecule has 0 bridgehead atoms. The fourth-order valence-electron chi connectivity index (χ4n) is 5.54. The summed E-state index contributed by atoms with van der Waals surface area (Å²) in [5, 5.41) is 0. The molecule has 0 aromatic rings. The highest BCUT2D eigenvalue weighted by Gasteiger charge is 2.55. The van der Waals surface area contributed by atoms with Gasteiger partial charge in [-0.1, -0.05) is 44.9 Å². The number of carbonyl (C=O) groups is 3. The Balaban J connectivity index is 1.90. The summed E-state index contributed by atoms with van der Waals surface area (Å²) in [5.41, 5.74) is 1.80. The van der Waals surface area contributed by atoms with E-state index < -0.39 is 5.60 Å². The number of esters is 1. The van der Waals surface area contributed by atoms with E-state index in [9.17, 15) is 14.4 Å². The molecule has 0 saturated carbocycles. The number of cyclic esters (lactones) is 1. The highest BCUT2D eigenvalue weighted by Crippen LogP contribution is 2.57. The summed E-state index contributed by atoms with van der Waals surface area (Å²) in [7, 11) is 0. The summed E-state index contributed by atoms with van der Waals surface area (Å²) in [5.74, 6) is 0.542. The van der Waals surface area contributed by atoms with Crippen molar-refractivity contribution in [1.82, 2.24) is 0 Å². The van der Waals surface area contributed by atoms with Crippen LogP contribution in [0.2, 0.25) is 0 Å². The molecule has 0 radical (unpaired) electrons. The van der Waals surface area contributed by atoms with Crippen LogP contribution in [0, 0.1) is 22.7 Å². The molecular formula is C25H36O4. The third-order valence-corrected chi connectivity index (χ3v) is 8.58. The maximum absolute atomic E-state index is 12.2. The number of hydrogen-bond donors (Lipinski definition) is 0. The van der Waals surface area contributed by atoms with Gasteiger partial charge in [0.15, 0.2) is 5.78 Å². The normalized spacial score (nSPS) is 38.9. The van der Waals surface area contributed by atoms with Gasteiger partial charge in [0.05, 0.1) is 0 Å². The van der Waals surface area contributed by atoms with Gasteiger partial charge in [-0.3, -0.25) is 14.4 Å². The average molecular weight is 401 g/mol. The van der Waals surface area contributed by atoms with Crippen molar-refractivity contribution in [3.05, 3.63) is 23.3 Å². The number of ketones is 2. The van der Waals surface area contributed by atoms with Crippen molar-refractivity contribution in [3.63, 3.8) is 0 Å². The topological polar surface area (TPSA) is 60.4 Å². The molecule has 4 heteroatoms. The standard InChI is InChI=1S/C25H36O4/c1-16(18(3)26)13-20-15-21(27)8-10-23(20,4)19-7-11-24(5,17(2)14-19)25(6)12-9-22(28)29-25/h7,15-17H,8-14H2,1-6H3/t16-,17?,23?,24?,25+/m0/s1. The van der Waals surface area contributed by atoms with E-state index in [4.69, 9.17) is 4.74 Å². The van der Waals surface area contributed by atoms with Crippen LogP contribution in [0.25, 0.3) is 0 Å². The molecule has 1 heterocycles. The number of ether oxygens (including phenoxy) is 1. The van der Waals surface area contributed by atoms with E-state index in [2.05, 4.69) is 33.8 Å². The van der Waals surface area contributed by atoms with Crippen molar-refractivity contribution in [2.75, 3.05) is 0 Å². The van der Waals surface area contributed by atoms with Gasteiger partial charge in [0.2, 0.25) is 0 Å². The maximum Gasteiger partial charge on any atom is 0.306 e. The molecule has 3 unspecified atom stereocenters. The first-order chi connectivity index (χ1) is 13.4. The highest BCUT2D eigenvalue weighted by molar-refractivity contribution is 5.92. The molecule has 0 aromatic heterocycles. The Labute approximate surface area is 175 Å². The number of hydrogen-bond acceptors (Lipinski definition) is 4. The first-order valence-corrected chi connectivity index (χ1v) is 11.1. The van der Waals surface area contributed by atoms with E-state index in [1.807, 2.05) is 13.0 Å². The molecule has 2 aliphatic carbocycles. The van der Waals surface area contributed by atoms with E-state index in [-0.39, 0.29) is 34.3 Å². The fourth-order valence-corrected chi connectivity index (χ4v) is 5.54. The lowest BCUT2D eigenvalue weighted by atomic mass is 9.55. The SMILES string of the molecule is CC(=O)[C@@H](C)CC1=CC(=O)CCC1(C)C1=CCC(C)([C@@]2(C)CCC(=O)O2)C(C)C1. The minimum Gasteiger partial charge on any atom is -0.459 e. The second-order valence-corrected chi connectivity index (χ2v) is 10.3. The van der Waals surface area contributed by atoms with Crippen LogP contribution in [0.1, 0.15) is 86.5 Å². The number of carbonyl (C=O) groups excluding carboxylic acids is 3. The lowest BCUT2D eigenvalue weighted by Gasteiger charge is -2.51. The highest BCUT2D eigenvalue weighted by atomic mass is 16.6. The summed E-state index contributed by atoms with van der Waals surface area (Å²) < 4.78 is 5.82. The van der Waals surface area contributed by atoms with E-state index in [0.717, 1.165) is 31.3 Å². The lowest BCUT2D eigenvalue weighted by Crippen LogP contribution is -2.49. The zero-order valence-electron chi connectivity index (χ0n) is 18.9. The minimum absolute atomic E-state index is 0.0739. The minimum atomic E-state index is -0.420. The van der Waals surface area contributed by atoms with Crippen LogP contribution in [0.3, 0.4) is 0 Å². The van der Waals surface area contributed by atoms with Gasteiger partial charge in [-0.15, -0.1) is 0 Å². The second kappa shape index (κ2) is 7.52. The predicted octanol–water partition coefficient (Wildman–Crippen LogP) is 5.36. The van der Waals surface area contributed by atoms with Gasteiger partial charge in [-0.25, -0.2) is 0 Å². The van der Waals surface area contributed by atoms with Crippen molar-refractivity contribution in [2.45, 2.75) is 92.1 Å². The van der Waals surface area contributed by atoms with Crippen molar-refractivity contribution in [3.8, 4) is 0 Å². The summed E-state index contributed by atoms with van der Waals surface area (Å²) in [6, 6.07) is 0. The van der Waals surface area contributed by atoms with Gasteiger partial charge in [-0.2, -0.15) is 0 Å². The van der Waals surface area contributed by atoms with E-state index in [1.165, 1.54) is 5.57 Å².